The van der Waals surface area contributed by atoms with E-state index in [1.807, 2.05) is 24.3 Å². The van der Waals surface area contributed by atoms with Crippen molar-refractivity contribution < 1.29 is 0 Å². The molecule has 5 heteroatoms. The molecular formula is C10H6Br2N2O. The van der Waals surface area contributed by atoms with E-state index in [-0.39, 0.29) is 5.56 Å². The molecule has 0 aliphatic carbocycles. The Morgan fingerprint density at radius 3 is 2.73 bits per heavy atom. The van der Waals surface area contributed by atoms with Gasteiger partial charge in [-0.15, -0.1) is 0 Å². The highest BCUT2D eigenvalue weighted by Gasteiger charge is 2.02. The summed E-state index contributed by atoms with van der Waals surface area (Å²) in [4.78, 5) is 18.2. The van der Waals surface area contributed by atoms with Crippen LogP contribution in [0.2, 0.25) is 0 Å². The molecule has 1 aromatic carbocycles. The number of H-pyrrole nitrogens is 1. The van der Waals surface area contributed by atoms with Gasteiger partial charge in [0.1, 0.15) is 10.3 Å². The number of rotatable bonds is 1. The molecule has 0 aliphatic rings. The van der Waals surface area contributed by atoms with Crippen LogP contribution in [0.25, 0.3) is 11.4 Å². The zero-order valence-electron chi connectivity index (χ0n) is 7.50. The summed E-state index contributed by atoms with van der Waals surface area (Å²) >= 11 is 6.46. The fourth-order valence-electron chi connectivity index (χ4n) is 1.16. The number of aromatic nitrogens is 2. The Labute approximate surface area is 103 Å². The van der Waals surface area contributed by atoms with Gasteiger partial charge in [-0.25, -0.2) is 4.98 Å². The maximum Gasteiger partial charge on any atom is 0.265 e. The molecule has 0 saturated heterocycles. The summed E-state index contributed by atoms with van der Waals surface area (Å²) in [7, 11) is 0. The largest absolute Gasteiger partial charge is 0.306 e. The third kappa shape index (κ3) is 2.35. The third-order valence-corrected chi connectivity index (χ3v) is 2.91. The van der Waals surface area contributed by atoms with Crippen molar-refractivity contribution in [3.05, 3.63) is 49.8 Å². The molecule has 0 atom stereocenters. The van der Waals surface area contributed by atoms with Crippen LogP contribution in [-0.4, -0.2) is 9.97 Å². The molecule has 0 spiro atoms. The average molecular weight is 330 g/mol. The number of benzene rings is 1. The second kappa shape index (κ2) is 4.28. The van der Waals surface area contributed by atoms with Crippen molar-refractivity contribution in [2.45, 2.75) is 0 Å². The van der Waals surface area contributed by atoms with E-state index in [0.29, 0.717) is 10.3 Å². The maximum atomic E-state index is 11.3. The first-order valence-corrected chi connectivity index (χ1v) is 5.76. The van der Waals surface area contributed by atoms with Crippen LogP contribution in [0.5, 0.6) is 0 Å². The zero-order chi connectivity index (χ0) is 10.8. The van der Waals surface area contributed by atoms with Gasteiger partial charge in [0.15, 0.2) is 0 Å². The Kier molecular flexibility index (Phi) is 3.02. The summed E-state index contributed by atoms with van der Waals surface area (Å²) in [6, 6.07) is 7.59. The molecule has 1 heterocycles. The van der Waals surface area contributed by atoms with Gasteiger partial charge < -0.3 is 4.98 Å². The van der Waals surface area contributed by atoms with Gasteiger partial charge in [-0.3, -0.25) is 4.79 Å². The second-order valence-electron chi connectivity index (χ2n) is 2.92. The zero-order valence-corrected chi connectivity index (χ0v) is 10.7. The molecule has 2 rings (SSSR count). The predicted octanol–water partition coefficient (Wildman–Crippen LogP) is 2.96. The highest BCUT2D eigenvalue weighted by molar-refractivity contribution is 9.10. The van der Waals surface area contributed by atoms with Crippen LogP contribution in [0.1, 0.15) is 0 Å². The molecule has 76 valence electrons. The number of halogens is 2. The molecule has 1 N–H and O–H groups in total. The number of aromatic amines is 1. The van der Waals surface area contributed by atoms with Crippen molar-refractivity contribution in [2.75, 3.05) is 0 Å². The van der Waals surface area contributed by atoms with Crippen LogP contribution < -0.4 is 5.56 Å². The summed E-state index contributed by atoms with van der Waals surface area (Å²) in [6.07, 6.45) is 1.50. The Balaban J connectivity index is 2.55. The number of hydrogen-bond acceptors (Lipinski definition) is 2. The Hall–Kier alpha value is -0.940. The molecule has 0 amide bonds. The minimum atomic E-state index is -0.181. The van der Waals surface area contributed by atoms with Crippen molar-refractivity contribution >= 4 is 31.9 Å². The fraction of sp³-hybridized carbons (Fsp3) is 0. The molecule has 0 aliphatic heterocycles. The van der Waals surface area contributed by atoms with Crippen LogP contribution in [-0.2, 0) is 0 Å². The van der Waals surface area contributed by atoms with Crippen molar-refractivity contribution in [3.8, 4) is 11.4 Å². The highest BCUT2D eigenvalue weighted by atomic mass is 79.9. The van der Waals surface area contributed by atoms with Gasteiger partial charge in [-0.05, 0) is 28.1 Å². The van der Waals surface area contributed by atoms with E-state index in [9.17, 15) is 4.79 Å². The first kappa shape index (κ1) is 10.6. The van der Waals surface area contributed by atoms with Crippen LogP contribution >= 0.6 is 31.9 Å². The summed E-state index contributed by atoms with van der Waals surface area (Å²) < 4.78 is 1.38. The van der Waals surface area contributed by atoms with Gasteiger partial charge in [-0.1, -0.05) is 28.1 Å². The van der Waals surface area contributed by atoms with Crippen molar-refractivity contribution in [1.82, 2.24) is 9.97 Å². The second-order valence-corrected chi connectivity index (χ2v) is 4.69. The minimum Gasteiger partial charge on any atom is -0.306 e. The van der Waals surface area contributed by atoms with E-state index in [4.69, 9.17) is 0 Å². The van der Waals surface area contributed by atoms with Crippen LogP contribution in [0, 0.1) is 0 Å². The lowest BCUT2D eigenvalue weighted by Crippen LogP contribution is -2.08. The summed E-state index contributed by atoms with van der Waals surface area (Å²) in [5.41, 5.74) is 0.689. The van der Waals surface area contributed by atoms with Crippen molar-refractivity contribution in [1.29, 1.82) is 0 Å². The third-order valence-electron chi connectivity index (χ3n) is 1.85. The number of hydrogen-bond donors (Lipinski definition) is 1. The standard InChI is InChI=1S/C10H6Br2N2O/c11-7-3-1-2-6(4-7)9-13-5-8(12)10(15)14-9/h1-5H,(H,13,14,15). The van der Waals surface area contributed by atoms with Gasteiger partial charge in [0.2, 0.25) is 0 Å². The summed E-state index contributed by atoms with van der Waals surface area (Å²) in [5, 5.41) is 0. The van der Waals surface area contributed by atoms with Gasteiger partial charge in [-0.2, -0.15) is 0 Å². The molecular weight excluding hydrogens is 324 g/mol. The van der Waals surface area contributed by atoms with E-state index < -0.39 is 0 Å². The summed E-state index contributed by atoms with van der Waals surface area (Å²) in [5.74, 6) is 0.560. The van der Waals surface area contributed by atoms with Crippen LogP contribution in [0.15, 0.2) is 44.2 Å². The normalized spacial score (nSPS) is 10.3. The van der Waals surface area contributed by atoms with Crippen molar-refractivity contribution in [2.24, 2.45) is 0 Å². The van der Waals surface area contributed by atoms with Crippen molar-refractivity contribution in [3.63, 3.8) is 0 Å². The maximum absolute atomic E-state index is 11.3. The van der Waals surface area contributed by atoms with E-state index in [1.165, 1.54) is 6.20 Å². The van der Waals surface area contributed by atoms with Gasteiger partial charge in [0, 0.05) is 16.2 Å². The Morgan fingerprint density at radius 1 is 1.27 bits per heavy atom. The quantitative estimate of drug-likeness (QED) is 0.874. The molecule has 0 saturated carbocycles. The molecule has 0 radical (unpaired) electrons. The Bertz CT molecular complexity index is 551. The average Bonchev–Trinajstić information content (AvgIpc) is 2.22. The number of nitrogens with one attached hydrogen (secondary N) is 1. The first-order chi connectivity index (χ1) is 7.16. The fourth-order valence-corrected chi connectivity index (χ4v) is 1.76. The topological polar surface area (TPSA) is 45.8 Å². The first-order valence-electron chi connectivity index (χ1n) is 4.17. The minimum absolute atomic E-state index is 0.181. The monoisotopic (exact) mass is 328 g/mol. The van der Waals surface area contributed by atoms with Gasteiger partial charge >= 0.3 is 0 Å². The highest BCUT2D eigenvalue weighted by Crippen LogP contribution is 2.18. The molecule has 0 fully saturated rings. The van der Waals surface area contributed by atoms with E-state index in [2.05, 4.69) is 41.8 Å². The molecule has 0 unspecified atom stereocenters. The van der Waals surface area contributed by atoms with E-state index >= 15 is 0 Å². The van der Waals surface area contributed by atoms with E-state index in [0.717, 1.165) is 10.0 Å². The van der Waals surface area contributed by atoms with Crippen LogP contribution in [0.4, 0.5) is 0 Å². The van der Waals surface area contributed by atoms with Gasteiger partial charge in [0.25, 0.3) is 5.56 Å². The molecule has 3 nitrogen and oxygen atoms in total. The van der Waals surface area contributed by atoms with Crippen LogP contribution in [0.3, 0.4) is 0 Å². The molecule has 1 aromatic heterocycles. The van der Waals surface area contributed by atoms with Gasteiger partial charge in [0.05, 0.1) is 0 Å². The Morgan fingerprint density at radius 2 is 2.07 bits per heavy atom. The molecule has 15 heavy (non-hydrogen) atoms. The lowest BCUT2D eigenvalue weighted by atomic mass is 10.2. The lowest BCUT2D eigenvalue weighted by molar-refractivity contribution is 1.11. The number of nitrogens with zero attached hydrogens (tertiary/aromatic N) is 1. The van der Waals surface area contributed by atoms with E-state index in [1.54, 1.807) is 0 Å². The SMILES string of the molecule is O=c1[nH]c(-c2cccc(Br)c2)ncc1Br. The molecule has 0 bridgehead atoms. The smallest absolute Gasteiger partial charge is 0.265 e. The predicted molar refractivity (Wildman–Crippen MR) is 65.7 cm³/mol. The lowest BCUT2D eigenvalue weighted by Gasteiger charge is -2.00. The summed E-state index contributed by atoms with van der Waals surface area (Å²) in [6.45, 7) is 0. The molecule has 2 aromatic rings.